The van der Waals surface area contributed by atoms with Crippen molar-refractivity contribution < 1.29 is 14.3 Å². The van der Waals surface area contributed by atoms with Crippen LogP contribution in [0.4, 0.5) is 0 Å². The van der Waals surface area contributed by atoms with Gasteiger partial charge in [0.1, 0.15) is 6.61 Å². The van der Waals surface area contributed by atoms with Crippen molar-refractivity contribution in [1.29, 1.82) is 0 Å². The van der Waals surface area contributed by atoms with Crippen molar-refractivity contribution in [3.8, 4) is 11.4 Å². The topological polar surface area (TPSA) is 87.5 Å². The molecule has 0 saturated carbocycles. The zero-order chi connectivity index (χ0) is 22.0. The second-order valence-electron chi connectivity index (χ2n) is 7.94. The van der Waals surface area contributed by atoms with E-state index in [2.05, 4.69) is 0 Å². The van der Waals surface area contributed by atoms with Gasteiger partial charge < -0.3 is 14.0 Å². The van der Waals surface area contributed by atoms with Gasteiger partial charge >= 0.3 is 5.97 Å². The average Bonchev–Trinajstić information content (AvgIpc) is 3.23. The fourth-order valence-corrected chi connectivity index (χ4v) is 4.30. The van der Waals surface area contributed by atoms with Crippen molar-refractivity contribution in [2.45, 2.75) is 53.1 Å². The Hall–Kier alpha value is -3.32. The van der Waals surface area contributed by atoms with Gasteiger partial charge in [-0.05, 0) is 38.1 Å². The zero-order valence-electron chi connectivity index (χ0n) is 17.8. The molecule has 1 atom stereocenters. The summed E-state index contributed by atoms with van der Waals surface area (Å²) in [5, 5.41) is 2.34. The van der Waals surface area contributed by atoms with Crippen LogP contribution in [0.5, 0.6) is 0 Å². The minimum atomic E-state index is -0.921. The van der Waals surface area contributed by atoms with Crippen molar-refractivity contribution in [1.82, 2.24) is 9.55 Å². The molecule has 0 spiro atoms. The lowest BCUT2D eigenvalue weighted by atomic mass is 10.00. The molecule has 1 unspecified atom stereocenters. The van der Waals surface area contributed by atoms with E-state index in [1.54, 1.807) is 10.6 Å². The van der Waals surface area contributed by atoms with Gasteiger partial charge in [0.15, 0.2) is 11.5 Å². The minimum absolute atomic E-state index is 0.0498. The first-order valence-corrected chi connectivity index (χ1v) is 10.5. The van der Waals surface area contributed by atoms with E-state index in [1.807, 2.05) is 45.9 Å². The number of esters is 1. The maximum absolute atomic E-state index is 13.2. The molecule has 2 aliphatic heterocycles. The second-order valence-corrected chi connectivity index (χ2v) is 7.94. The van der Waals surface area contributed by atoms with Crippen LogP contribution in [0, 0.1) is 0 Å². The van der Waals surface area contributed by atoms with Crippen molar-refractivity contribution in [2.75, 3.05) is 0 Å². The van der Waals surface area contributed by atoms with E-state index in [0.29, 0.717) is 34.4 Å². The fraction of sp³-hybridized carbons (Fsp3) is 0.333. The molecular formula is C24H22N2O5. The lowest BCUT2D eigenvalue weighted by Gasteiger charge is -2.26. The lowest BCUT2D eigenvalue weighted by Crippen LogP contribution is -2.34. The van der Waals surface area contributed by atoms with E-state index in [4.69, 9.17) is 14.5 Å². The van der Waals surface area contributed by atoms with Crippen molar-refractivity contribution >= 4 is 27.6 Å². The Bertz CT molecular complexity index is 1450. The molecule has 0 fully saturated rings. The normalized spacial score (nSPS) is 16.8. The van der Waals surface area contributed by atoms with Crippen LogP contribution in [-0.4, -0.2) is 21.6 Å². The number of fused-ring (bicyclic) bond motifs is 6. The van der Waals surface area contributed by atoms with Crippen LogP contribution in [0.2, 0.25) is 0 Å². The van der Waals surface area contributed by atoms with E-state index < -0.39 is 12.1 Å². The van der Waals surface area contributed by atoms with Gasteiger partial charge in [0, 0.05) is 27.3 Å². The SMILES string of the molecule is CC.CC(C)OC1C(=O)OCc2c1cc1n(c2=O)Cc2cc3cc4c(=O)c4cc3nc2-1. The van der Waals surface area contributed by atoms with Crippen molar-refractivity contribution in [2.24, 2.45) is 0 Å². The first-order chi connectivity index (χ1) is 14.9. The number of carbonyl (C=O) groups excluding carboxylic acids is 1. The minimum Gasteiger partial charge on any atom is -0.458 e. The Balaban J connectivity index is 0.000000994. The number of pyridine rings is 2. The first-order valence-electron chi connectivity index (χ1n) is 10.5. The molecule has 7 heteroatoms. The number of cyclic esters (lactones) is 1. The predicted molar refractivity (Wildman–Crippen MR) is 117 cm³/mol. The molecule has 7 nitrogen and oxygen atoms in total. The van der Waals surface area contributed by atoms with Crippen molar-refractivity contribution in [3.05, 3.63) is 61.5 Å². The van der Waals surface area contributed by atoms with E-state index in [-0.39, 0.29) is 23.7 Å². The van der Waals surface area contributed by atoms with Gasteiger partial charge in [0.2, 0.25) is 0 Å². The lowest BCUT2D eigenvalue weighted by molar-refractivity contribution is -0.165. The van der Waals surface area contributed by atoms with Crippen LogP contribution in [0.15, 0.2) is 33.9 Å². The highest BCUT2D eigenvalue weighted by atomic mass is 16.6. The molecule has 4 aromatic rings. The third-order valence-electron chi connectivity index (χ3n) is 5.73. The van der Waals surface area contributed by atoms with Gasteiger partial charge in [0.05, 0.1) is 35.1 Å². The highest BCUT2D eigenvalue weighted by Gasteiger charge is 2.36. The molecule has 31 heavy (non-hydrogen) atoms. The van der Waals surface area contributed by atoms with Gasteiger partial charge in [-0.3, -0.25) is 9.59 Å². The van der Waals surface area contributed by atoms with Crippen LogP contribution in [0.3, 0.4) is 0 Å². The number of hydrogen-bond acceptors (Lipinski definition) is 6. The molecule has 2 aliphatic rings. The zero-order valence-corrected chi connectivity index (χ0v) is 17.8. The summed E-state index contributed by atoms with van der Waals surface area (Å²) in [5.41, 5.74) is 3.89. The third-order valence-corrected chi connectivity index (χ3v) is 5.73. The molecule has 0 N–H and O–H groups in total. The number of aromatic nitrogens is 2. The second kappa shape index (κ2) is 6.85. The Morgan fingerprint density at radius 2 is 1.84 bits per heavy atom. The van der Waals surface area contributed by atoms with E-state index in [1.165, 1.54) is 0 Å². The Labute approximate surface area is 177 Å². The van der Waals surface area contributed by atoms with Crippen LogP contribution >= 0.6 is 0 Å². The number of rotatable bonds is 2. The van der Waals surface area contributed by atoms with Crippen LogP contribution in [-0.2, 0) is 27.4 Å². The molecule has 6 rings (SSSR count). The fourth-order valence-electron chi connectivity index (χ4n) is 4.30. The molecule has 0 radical (unpaired) electrons. The van der Waals surface area contributed by atoms with Gasteiger partial charge in [-0.2, -0.15) is 0 Å². The monoisotopic (exact) mass is 418 g/mol. The van der Waals surface area contributed by atoms with E-state index in [0.717, 1.165) is 21.9 Å². The Morgan fingerprint density at radius 3 is 2.58 bits per heavy atom. The summed E-state index contributed by atoms with van der Waals surface area (Å²) in [7, 11) is 0. The highest BCUT2D eigenvalue weighted by molar-refractivity contribution is 6.06. The summed E-state index contributed by atoms with van der Waals surface area (Å²) in [5.74, 6) is -0.484. The van der Waals surface area contributed by atoms with Gasteiger partial charge in [-0.1, -0.05) is 13.8 Å². The van der Waals surface area contributed by atoms with Crippen molar-refractivity contribution in [3.63, 3.8) is 0 Å². The number of ether oxygens (including phenoxy) is 2. The summed E-state index contributed by atoms with van der Waals surface area (Å²) in [6.45, 7) is 8.01. The first kappa shape index (κ1) is 19.6. The standard InChI is InChI=1S/C22H16N2O5.C2H6/c1-9(2)29-20-14-6-17-18-11(7-24(17)21(26)15(14)8-28-22(20)27)3-10-4-12-13(19(12)25)5-16(10)23-18;1-2/h3-6,9,20H,7-8H2,1-2H3;1-2H3. The molecule has 4 heterocycles. The molecule has 158 valence electrons. The quantitative estimate of drug-likeness (QED) is 0.409. The number of nitrogens with zero attached hydrogens (tertiary/aromatic N) is 2. The van der Waals surface area contributed by atoms with Crippen LogP contribution < -0.4 is 11.0 Å². The summed E-state index contributed by atoms with van der Waals surface area (Å²) < 4.78 is 12.6. The Morgan fingerprint density at radius 1 is 1.10 bits per heavy atom. The molecule has 0 saturated heterocycles. The summed E-state index contributed by atoms with van der Waals surface area (Å²) in [6, 6.07) is 7.47. The number of benzene rings is 1. The van der Waals surface area contributed by atoms with E-state index in [9.17, 15) is 14.4 Å². The van der Waals surface area contributed by atoms with Gasteiger partial charge in [-0.15, -0.1) is 0 Å². The largest absolute Gasteiger partial charge is 0.458 e. The molecule has 0 bridgehead atoms. The molecule has 2 aromatic heterocycles. The summed E-state index contributed by atoms with van der Waals surface area (Å²) >= 11 is 0. The van der Waals surface area contributed by atoms with E-state index >= 15 is 0 Å². The average molecular weight is 418 g/mol. The summed E-state index contributed by atoms with van der Waals surface area (Å²) in [4.78, 5) is 41.9. The van der Waals surface area contributed by atoms with Crippen LogP contribution in [0.25, 0.3) is 33.1 Å². The molecular weight excluding hydrogens is 396 g/mol. The molecule has 2 aromatic carbocycles. The maximum Gasteiger partial charge on any atom is 0.340 e. The number of hydrogen-bond donors (Lipinski definition) is 0. The number of carbonyl (C=O) groups is 1. The molecule has 0 amide bonds. The third kappa shape index (κ3) is 2.84. The van der Waals surface area contributed by atoms with Gasteiger partial charge in [0.25, 0.3) is 5.56 Å². The summed E-state index contributed by atoms with van der Waals surface area (Å²) in [6.07, 6.45) is -1.12. The van der Waals surface area contributed by atoms with Gasteiger partial charge in [-0.25, -0.2) is 9.78 Å². The maximum atomic E-state index is 13.2. The van der Waals surface area contributed by atoms with Crippen LogP contribution in [0.1, 0.15) is 50.5 Å². The predicted octanol–water partition coefficient (Wildman–Crippen LogP) is 3.36. The highest BCUT2D eigenvalue weighted by Crippen LogP contribution is 2.37. The molecule has 0 aliphatic carbocycles. The smallest absolute Gasteiger partial charge is 0.340 e. The Kier molecular flexibility index (Phi) is 4.34.